The molecule has 2 aromatic rings. The Hall–Kier alpha value is -2.62. The lowest BCUT2D eigenvalue weighted by molar-refractivity contribution is -0.123. The molecule has 0 aromatic heterocycles. The van der Waals surface area contributed by atoms with E-state index in [2.05, 4.69) is 29.7 Å². The van der Waals surface area contributed by atoms with Gasteiger partial charge in [0, 0.05) is 5.69 Å². The monoisotopic (exact) mass is 352 g/mol. The summed E-state index contributed by atoms with van der Waals surface area (Å²) in [5.74, 6) is -0.367. The van der Waals surface area contributed by atoms with Crippen LogP contribution >= 0.6 is 0 Å². The van der Waals surface area contributed by atoms with Crippen LogP contribution < -0.4 is 10.6 Å². The van der Waals surface area contributed by atoms with Crippen LogP contribution in [0.15, 0.2) is 42.5 Å². The first-order chi connectivity index (χ1) is 12.5. The summed E-state index contributed by atoms with van der Waals surface area (Å²) in [6.45, 7) is 6.05. The summed E-state index contributed by atoms with van der Waals surface area (Å²) in [4.78, 5) is 24.2. The SMILES string of the molecule is CCCCc1ccc(CC(=O)NCC(=O)Nc2c(C)cccc2C)cc1. The zero-order valence-electron chi connectivity index (χ0n) is 15.9. The molecule has 0 bridgehead atoms. The summed E-state index contributed by atoms with van der Waals surface area (Å²) >= 11 is 0. The summed E-state index contributed by atoms with van der Waals surface area (Å²) in [5.41, 5.74) is 5.08. The molecule has 4 heteroatoms. The third kappa shape index (κ3) is 6.03. The van der Waals surface area contributed by atoms with Crippen LogP contribution in [0.4, 0.5) is 5.69 Å². The number of rotatable bonds is 8. The highest BCUT2D eigenvalue weighted by atomic mass is 16.2. The highest BCUT2D eigenvalue weighted by molar-refractivity contribution is 5.95. The Morgan fingerprint density at radius 3 is 2.12 bits per heavy atom. The zero-order valence-corrected chi connectivity index (χ0v) is 15.9. The predicted molar refractivity (Wildman–Crippen MR) is 106 cm³/mol. The second-order valence-corrected chi connectivity index (χ2v) is 6.69. The van der Waals surface area contributed by atoms with Gasteiger partial charge in [-0.25, -0.2) is 0 Å². The van der Waals surface area contributed by atoms with E-state index in [1.807, 2.05) is 44.2 Å². The number of anilines is 1. The smallest absolute Gasteiger partial charge is 0.243 e. The molecule has 0 aliphatic rings. The molecule has 0 fully saturated rings. The molecule has 0 unspecified atom stereocenters. The maximum absolute atomic E-state index is 12.1. The van der Waals surface area contributed by atoms with Gasteiger partial charge in [0.15, 0.2) is 0 Å². The molecule has 0 saturated heterocycles. The zero-order chi connectivity index (χ0) is 18.9. The largest absolute Gasteiger partial charge is 0.347 e. The Balaban J connectivity index is 1.80. The lowest BCUT2D eigenvalue weighted by Crippen LogP contribution is -2.34. The first-order valence-electron chi connectivity index (χ1n) is 9.20. The normalized spacial score (nSPS) is 10.4. The summed E-state index contributed by atoms with van der Waals surface area (Å²) < 4.78 is 0. The average molecular weight is 352 g/mol. The standard InChI is InChI=1S/C22H28N2O2/c1-4-5-9-18-10-12-19(13-11-18)14-20(25)23-15-21(26)24-22-16(2)7-6-8-17(22)3/h6-8,10-13H,4-5,9,14-15H2,1-3H3,(H,23,25)(H,24,26). The van der Waals surface area contributed by atoms with Crippen LogP contribution in [-0.2, 0) is 22.4 Å². The molecule has 2 aromatic carbocycles. The number of carbonyl (C=O) groups is 2. The molecule has 0 aliphatic carbocycles. The van der Waals surface area contributed by atoms with E-state index >= 15 is 0 Å². The molecule has 0 radical (unpaired) electrons. The van der Waals surface area contributed by atoms with Crippen LogP contribution in [-0.4, -0.2) is 18.4 Å². The number of hydrogen-bond acceptors (Lipinski definition) is 2. The fraction of sp³-hybridized carbons (Fsp3) is 0.364. The first kappa shape index (κ1) is 19.7. The van der Waals surface area contributed by atoms with Crippen molar-refractivity contribution in [1.82, 2.24) is 5.32 Å². The summed E-state index contributed by atoms with van der Waals surface area (Å²) in [5, 5.41) is 5.56. The molecule has 26 heavy (non-hydrogen) atoms. The van der Waals surface area contributed by atoms with Crippen LogP contribution in [0.1, 0.15) is 42.0 Å². The Labute approximate surface area is 156 Å². The van der Waals surface area contributed by atoms with Crippen molar-refractivity contribution in [2.75, 3.05) is 11.9 Å². The lowest BCUT2D eigenvalue weighted by Gasteiger charge is -2.12. The van der Waals surface area contributed by atoms with E-state index in [1.54, 1.807) is 0 Å². The number of hydrogen-bond donors (Lipinski definition) is 2. The van der Waals surface area contributed by atoms with Crippen molar-refractivity contribution in [3.63, 3.8) is 0 Å². The third-order valence-electron chi connectivity index (χ3n) is 4.40. The lowest BCUT2D eigenvalue weighted by atomic mass is 10.0. The van der Waals surface area contributed by atoms with E-state index < -0.39 is 0 Å². The van der Waals surface area contributed by atoms with E-state index in [-0.39, 0.29) is 24.8 Å². The molecule has 2 amide bonds. The van der Waals surface area contributed by atoms with Crippen LogP contribution in [0, 0.1) is 13.8 Å². The maximum atomic E-state index is 12.1. The van der Waals surface area contributed by atoms with Crippen molar-refractivity contribution in [2.45, 2.75) is 46.5 Å². The van der Waals surface area contributed by atoms with Gasteiger partial charge < -0.3 is 10.6 Å². The number of amides is 2. The highest BCUT2D eigenvalue weighted by Gasteiger charge is 2.09. The number of aryl methyl sites for hydroxylation is 3. The van der Waals surface area contributed by atoms with Crippen molar-refractivity contribution in [2.24, 2.45) is 0 Å². The summed E-state index contributed by atoms with van der Waals surface area (Å²) in [6, 6.07) is 14.0. The molecule has 0 spiro atoms. The van der Waals surface area contributed by atoms with E-state index in [0.29, 0.717) is 0 Å². The second-order valence-electron chi connectivity index (χ2n) is 6.69. The fourth-order valence-corrected chi connectivity index (χ4v) is 2.83. The number of nitrogens with one attached hydrogen (secondary N) is 2. The van der Waals surface area contributed by atoms with Crippen molar-refractivity contribution in [3.05, 3.63) is 64.7 Å². The summed E-state index contributed by atoms with van der Waals surface area (Å²) in [7, 11) is 0. The highest BCUT2D eigenvalue weighted by Crippen LogP contribution is 2.19. The van der Waals surface area contributed by atoms with E-state index in [1.165, 1.54) is 18.4 Å². The van der Waals surface area contributed by atoms with Gasteiger partial charge in [-0.1, -0.05) is 55.8 Å². The van der Waals surface area contributed by atoms with E-state index in [9.17, 15) is 9.59 Å². The van der Waals surface area contributed by atoms with Gasteiger partial charge in [0.2, 0.25) is 11.8 Å². The number of unbranched alkanes of at least 4 members (excludes halogenated alkanes) is 1. The number of para-hydroxylation sites is 1. The number of carbonyl (C=O) groups excluding carboxylic acids is 2. The van der Waals surface area contributed by atoms with E-state index in [4.69, 9.17) is 0 Å². The molecule has 0 aliphatic heterocycles. The second kappa shape index (κ2) is 9.76. The summed E-state index contributed by atoms with van der Waals surface area (Å²) in [6.07, 6.45) is 3.70. The van der Waals surface area contributed by atoms with Crippen LogP contribution in [0.5, 0.6) is 0 Å². The molecule has 138 valence electrons. The first-order valence-corrected chi connectivity index (χ1v) is 9.20. The van der Waals surface area contributed by atoms with Crippen molar-refractivity contribution in [3.8, 4) is 0 Å². The van der Waals surface area contributed by atoms with Gasteiger partial charge in [-0.05, 0) is 48.9 Å². The molecular formula is C22H28N2O2. The molecule has 0 saturated carbocycles. The minimum atomic E-state index is -0.217. The topological polar surface area (TPSA) is 58.2 Å². The molecule has 0 atom stereocenters. The number of benzene rings is 2. The quantitative estimate of drug-likeness (QED) is 0.756. The van der Waals surface area contributed by atoms with Gasteiger partial charge in [-0.3, -0.25) is 9.59 Å². The van der Waals surface area contributed by atoms with Gasteiger partial charge in [0.1, 0.15) is 0 Å². The molecule has 0 heterocycles. The van der Waals surface area contributed by atoms with Crippen molar-refractivity contribution >= 4 is 17.5 Å². The molecule has 2 N–H and O–H groups in total. The van der Waals surface area contributed by atoms with Gasteiger partial charge in [0.05, 0.1) is 13.0 Å². The van der Waals surface area contributed by atoms with Gasteiger partial charge in [-0.15, -0.1) is 0 Å². The Bertz CT molecular complexity index is 731. The van der Waals surface area contributed by atoms with Crippen molar-refractivity contribution < 1.29 is 9.59 Å². The van der Waals surface area contributed by atoms with Gasteiger partial charge in [-0.2, -0.15) is 0 Å². The average Bonchev–Trinajstić information content (AvgIpc) is 2.62. The van der Waals surface area contributed by atoms with Crippen LogP contribution in [0.2, 0.25) is 0 Å². The Kier molecular flexibility index (Phi) is 7.39. The van der Waals surface area contributed by atoms with Crippen LogP contribution in [0.3, 0.4) is 0 Å². The molecule has 4 nitrogen and oxygen atoms in total. The van der Waals surface area contributed by atoms with E-state index in [0.717, 1.165) is 28.8 Å². The third-order valence-corrected chi connectivity index (χ3v) is 4.40. The fourth-order valence-electron chi connectivity index (χ4n) is 2.83. The maximum Gasteiger partial charge on any atom is 0.243 e. The van der Waals surface area contributed by atoms with Crippen LogP contribution in [0.25, 0.3) is 0 Å². The minimum Gasteiger partial charge on any atom is -0.347 e. The van der Waals surface area contributed by atoms with Gasteiger partial charge >= 0.3 is 0 Å². The molecule has 2 rings (SSSR count). The Morgan fingerprint density at radius 1 is 0.885 bits per heavy atom. The predicted octanol–water partition coefficient (Wildman–Crippen LogP) is 3.94. The minimum absolute atomic E-state index is 0.0266. The Morgan fingerprint density at radius 2 is 1.50 bits per heavy atom. The van der Waals surface area contributed by atoms with Crippen molar-refractivity contribution in [1.29, 1.82) is 0 Å². The van der Waals surface area contributed by atoms with Gasteiger partial charge in [0.25, 0.3) is 0 Å². The molecular weight excluding hydrogens is 324 g/mol.